The van der Waals surface area contributed by atoms with E-state index in [-0.39, 0.29) is 0 Å². The number of halogens is 1. The molecule has 138 valence electrons. The van der Waals surface area contributed by atoms with E-state index < -0.39 is 6.17 Å². The van der Waals surface area contributed by atoms with Gasteiger partial charge in [0.25, 0.3) is 0 Å². The zero-order valence-electron chi connectivity index (χ0n) is 15.6. The largest absolute Gasteiger partial charge is 0.378 e. The summed E-state index contributed by atoms with van der Waals surface area (Å²) in [5.74, 6) is 1.54. The van der Waals surface area contributed by atoms with Crippen molar-refractivity contribution in [2.24, 2.45) is 0 Å². The first kappa shape index (κ1) is 17.3. The molecule has 1 atom stereocenters. The van der Waals surface area contributed by atoms with Gasteiger partial charge in [0.15, 0.2) is 5.82 Å². The summed E-state index contributed by atoms with van der Waals surface area (Å²) in [6.45, 7) is 4.67. The number of hydrogen-bond donors (Lipinski definition) is 1. The summed E-state index contributed by atoms with van der Waals surface area (Å²) in [5.41, 5.74) is 5.19. The molecule has 0 saturated heterocycles. The number of fused-ring (bicyclic) bond motifs is 1. The van der Waals surface area contributed by atoms with Gasteiger partial charge in [-0.25, -0.2) is 9.37 Å². The first-order chi connectivity index (χ1) is 13.0. The van der Waals surface area contributed by atoms with E-state index in [1.165, 1.54) is 0 Å². The summed E-state index contributed by atoms with van der Waals surface area (Å²) in [7, 11) is 4.05. The predicted octanol–water partition coefficient (Wildman–Crippen LogP) is 4.74. The van der Waals surface area contributed by atoms with E-state index in [2.05, 4.69) is 50.9 Å². The summed E-state index contributed by atoms with van der Waals surface area (Å²) in [6.07, 6.45) is 6.96. The minimum atomic E-state index is -0.911. The second kappa shape index (κ2) is 6.91. The number of aromatic nitrogens is 1. The Kier molecular flexibility index (Phi) is 4.44. The fraction of sp³-hybridized carbons (Fsp3) is 0.227. The van der Waals surface area contributed by atoms with Crippen molar-refractivity contribution < 1.29 is 4.39 Å². The fourth-order valence-corrected chi connectivity index (χ4v) is 3.40. The van der Waals surface area contributed by atoms with Crippen LogP contribution in [0, 0.1) is 0 Å². The molecule has 4 nitrogen and oxygen atoms in total. The molecule has 1 aromatic heterocycles. The number of allylic oxidation sites excluding steroid dienone is 2. The van der Waals surface area contributed by atoms with Crippen LogP contribution in [0.3, 0.4) is 0 Å². The Morgan fingerprint density at radius 1 is 1.30 bits per heavy atom. The Hall–Kier alpha value is -3.08. The lowest BCUT2D eigenvalue weighted by molar-refractivity contribution is 0.399. The van der Waals surface area contributed by atoms with Crippen molar-refractivity contribution in [3.63, 3.8) is 0 Å². The van der Waals surface area contributed by atoms with Crippen LogP contribution in [0.25, 0.3) is 11.1 Å². The first-order valence-corrected chi connectivity index (χ1v) is 9.04. The maximum Gasteiger partial charge on any atom is 0.155 e. The average molecular weight is 362 g/mol. The van der Waals surface area contributed by atoms with Crippen LogP contribution in [0.5, 0.6) is 0 Å². The highest BCUT2D eigenvalue weighted by molar-refractivity contribution is 5.83. The number of pyridine rings is 1. The lowest BCUT2D eigenvalue weighted by atomic mass is 10.0. The molecule has 4 rings (SSSR count). The van der Waals surface area contributed by atoms with Gasteiger partial charge >= 0.3 is 0 Å². The summed E-state index contributed by atoms with van der Waals surface area (Å²) in [5, 5.41) is 3.22. The highest BCUT2D eigenvalue weighted by Gasteiger charge is 2.25. The van der Waals surface area contributed by atoms with Gasteiger partial charge < -0.3 is 15.1 Å². The second-order valence-electron chi connectivity index (χ2n) is 7.09. The van der Waals surface area contributed by atoms with Gasteiger partial charge in [0, 0.05) is 44.5 Å². The van der Waals surface area contributed by atoms with Crippen LogP contribution in [0.4, 0.5) is 21.6 Å². The Morgan fingerprint density at radius 2 is 2.15 bits per heavy atom. The van der Waals surface area contributed by atoms with Crippen LogP contribution in [0.2, 0.25) is 0 Å². The molecule has 1 unspecified atom stereocenters. The highest BCUT2D eigenvalue weighted by atomic mass is 19.1. The van der Waals surface area contributed by atoms with Crippen molar-refractivity contribution in [1.29, 1.82) is 0 Å². The van der Waals surface area contributed by atoms with Gasteiger partial charge in [0.05, 0.1) is 5.69 Å². The third-order valence-electron chi connectivity index (χ3n) is 4.87. The summed E-state index contributed by atoms with van der Waals surface area (Å²) in [6, 6.07) is 10.5. The number of benzene rings is 1. The van der Waals surface area contributed by atoms with Gasteiger partial charge in [-0.2, -0.15) is 0 Å². The van der Waals surface area contributed by atoms with Crippen molar-refractivity contribution in [2.75, 3.05) is 35.8 Å². The fourth-order valence-electron chi connectivity index (χ4n) is 3.40. The Balaban J connectivity index is 1.67. The lowest BCUT2D eigenvalue weighted by Gasteiger charge is -2.22. The molecule has 0 radical (unpaired) electrons. The van der Waals surface area contributed by atoms with Crippen LogP contribution < -0.4 is 15.1 Å². The summed E-state index contributed by atoms with van der Waals surface area (Å²) in [4.78, 5) is 8.71. The van der Waals surface area contributed by atoms with Crippen molar-refractivity contribution in [3.05, 3.63) is 72.7 Å². The van der Waals surface area contributed by atoms with Crippen molar-refractivity contribution in [1.82, 2.24) is 4.98 Å². The number of nitrogens with zero attached hydrogens (tertiary/aromatic N) is 3. The van der Waals surface area contributed by atoms with Crippen LogP contribution >= 0.6 is 0 Å². The molecule has 0 fully saturated rings. The summed E-state index contributed by atoms with van der Waals surface area (Å²) >= 11 is 0. The van der Waals surface area contributed by atoms with Gasteiger partial charge in [-0.1, -0.05) is 30.9 Å². The van der Waals surface area contributed by atoms with E-state index in [4.69, 9.17) is 0 Å². The quantitative estimate of drug-likeness (QED) is 0.851. The zero-order chi connectivity index (χ0) is 19.0. The zero-order valence-corrected chi connectivity index (χ0v) is 15.6. The van der Waals surface area contributed by atoms with Gasteiger partial charge in [-0.3, -0.25) is 0 Å². The average Bonchev–Trinajstić information content (AvgIpc) is 2.96. The van der Waals surface area contributed by atoms with Gasteiger partial charge in [-0.15, -0.1) is 0 Å². The Labute approximate surface area is 159 Å². The van der Waals surface area contributed by atoms with E-state index in [0.717, 1.165) is 39.7 Å². The molecule has 2 aromatic rings. The number of nitrogens with one attached hydrogen (secondary N) is 1. The molecular weight excluding hydrogens is 339 g/mol. The molecule has 1 aliphatic carbocycles. The van der Waals surface area contributed by atoms with E-state index >= 15 is 0 Å². The van der Waals surface area contributed by atoms with Gasteiger partial charge in [-0.05, 0) is 35.4 Å². The molecule has 2 aliphatic rings. The second-order valence-corrected chi connectivity index (χ2v) is 7.09. The molecule has 0 saturated carbocycles. The Morgan fingerprint density at radius 3 is 2.93 bits per heavy atom. The van der Waals surface area contributed by atoms with E-state index in [1.807, 2.05) is 38.5 Å². The smallest absolute Gasteiger partial charge is 0.155 e. The highest BCUT2D eigenvalue weighted by Crippen LogP contribution is 2.38. The van der Waals surface area contributed by atoms with Crippen LogP contribution in [-0.2, 0) is 0 Å². The standard InChI is InChI=1S/C22H23FN4/c1-15-25-22-21(27(15)14-16-6-4-8-19(23)10-16)12-18(13-24-22)17-7-5-9-20(11-17)26(2)3/h4-7,9-13,19H,1,8,14H2,2-3H3,(H,24,25). The maximum absolute atomic E-state index is 13.7. The van der Waals surface area contributed by atoms with Gasteiger partial charge in [0.2, 0.25) is 0 Å². The van der Waals surface area contributed by atoms with Gasteiger partial charge in [0.1, 0.15) is 12.0 Å². The SMILES string of the molecule is C=C1Nc2ncc(-c3cccc(N(C)C)c3)cc2N1CC1=CC(F)CC=C1. The molecule has 27 heavy (non-hydrogen) atoms. The van der Waals surface area contributed by atoms with Crippen LogP contribution in [0.15, 0.2) is 72.7 Å². The topological polar surface area (TPSA) is 31.4 Å². The number of alkyl halides is 1. The summed E-state index contributed by atoms with van der Waals surface area (Å²) < 4.78 is 13.7. The number of hydrogen-bond acceptors (Lipinski definition) is 4. The predicted molar refractivity (Wildman–Crippen MR) is 111 cm³/mol. The van der Waals surface area contributed by atoms with E-state index in [0.29, 0.717) is 13.0 Å². The van der Waals surface area contributed by atoms with Crippen LogP contribution in [0.1, 0.15) is 6.42 Å². The third-order valence-corrected chi connectivity index (χ3v) is 4.87. The maximum atomic E-state index is 13.7. The number of rotatable bonds is 4. The minimum Gasteiger partial charge on any atom is -0.378 e. The normalized spacial score (nSPS) is 18.2. The monoisotopic (exact) mass is 362 g/mol. The molecular formula is C22H23FN4. The molecule has 1 N–H and O–H groups in total. The molecule has 1 aromatic carbocycles. The molecule has 0 spiro atoms. The first-order valence-electron chi connectivity index (χ1n) is 9.04. The van der Waals surface area contributed by atoms with E-state index in [9.17, 15) is 4.39 Å². The molecule has 2 heterocycles. The van der Waals surface area contributed by atoms with E-state index in [1.54, 1.807) is 6.08 Å². The Bertz CT molecular complexity index is 945. The molecule has 1 aliphatic heterocycles. The lowest BCUT2D eigenvalue weighted by Crippen LogP contribution is -2.23. The van der Waals surface area contributed by atoms with Crippen molar-refractivity contribution in [3.8, 4) is 11.1 Å². The van der Waals surface area contributed by atoms with Crippen LogP contribution in [-0.4, -0.2) is 31.8 Å². The minimum absolute atomic E-state index is 0.452. The molecule has 5 heteroatoms. The number of anilines is 3. The molecule has 0 bridgehead atoms. The third kappa shape index (κ3) is 3.45. The van der Waals surface area contributed by atoms with Crippen molar-refractivity contribution >= 4 is 17.2 Å². The van der Waals surface area contributed by atoms with Crippen molar-refractivity contribution in [2.45, 2.75) is 12.6 Å². The molecule has 0 amide bonds.